The number of rotatable bonds is 2. The van der Waals surface area contributed by atoms with Crippen molar-refractivity contribution in [2.75, 3.05) is 0 Å². The van der Waals surface area contributed by atoms with Gasteiger partial charge in [-0.1, -0.05) is 0 Å². The zero-order valence-electron chi connectivity index (χ0n) is 7.43. The lowest BCUT2D eigenvalue weighted by Gasteiger charge is -2.04. The van der Waals surface area contributed by atoms with E-state index in [9.17, 15) is 21.4 Å². The zero-order valence-corrected chi connectivity index (χ0v) is 9.06. The van der Waals surface area contributed by atoms with Crippen molar-refractivity contribution in [3.8, 4) is 0 Å². The van der Waals surface area contributed by atoms with Crippen molar-refractivity contribution in [1.29, 1.82) is 5.39 Å². The predicted molar refractivity (Wildman–Crippen MR) is 49.0 cm³/mol. The molecule has 1 rings (SSSR count). The van der Waals surface area contributed by atoms with Crippen molar-refractivity contribution in [2.45, 2.75) is 9.79 Å². The highest BCUT2D eigenvalue weighted by Crippen LogP contribution is 2.27. The summed E-state index contributed by atoms with van der Waals surface area (Å²) in [5, 5.41) is 8.42. The first kappa shape index (κ1) is 12.5. The van der Waals surface area contributed by atoms with E-state index in [0.717, 1.165) is 0 Å². The first-order valence-electron chi connectivity index (χ1n) is 3.59. The van der Waals surface area contributed by atoms with Gasteiger partial charge in [0.15, 0.2) is 4.98 Å². The molecular formula is C6H4N2O6S2. The van der Waals surface area contributed by atoms with Crippen LogP contribution in [0.5, 0.6) is 0 Å². The monoisotopic (exact) mass is 264 g/mol. The minimum Gasteiger partial charge on any atom is -0.744 e. The highest BCUT2D eigenvalue weighted by atomic mass is 32.2. The second-order valence-corrected chi connectivity index (χ2v) is 5.43. The second-order valence-electron chi connectivity index (χ2n) is 2.66. The molecule has 0 spiro atoms. The third kappa shape index (κ3) is 2.52. The first-order chi connectivity index (χ1) is 7.16. The summed E-state index contributed by atoms with van der Waals surface area (Å²) in [6.07, 6.45) is 0. The van der Waals surface area contributed by atoms with E-state index >= 15 is 0 Å². The molecule has 1 aromatic rings. The molecule has 0 radical (unpaired) electrons. The quantitative estimate of drug-likeness (QED) is 0.599. The van der Waals surface area contributed by atoms with Gasteiger partial charge in [0.2, 0.25) is 5.39 Å². The molecule has 0 amide bonds. The van der Waals surface area contributed by atoms with Crippen molar-refractivity contribution < 1.29 is 25.9 Å². The predicted octanol–water partition coefficient (Wildman–Crippen LogP) is 0.322. The van der Waals surface area contributed by atoms with Crippen molar-refractivity contribution in [3.05, 3.63) is 23.2 Å². The number of hydrogen-bond donors (Lipinski definition) is 1. The van der Waals surface area contributed by atoms with Crippen molar-refractivity contribution in [3.63, 3.8) is 0 Å². The molecule has 0 heterocycles. The molecule has 0 saturated carbocycles. The van der Waals surface area contributed by atoms with E-state index < -0.39 is 35.7 Å². The van der Waals surface area contributed by atoms with Crippen molar-refractivity contribution in [2.24, 2.45) is 0 Å². The normalized spacial score (nSPS) is 12.1. The van der Waals surface area contributed by atoms with E-state index in [-0.39, 0.29) is 0 Å². The summed E-state index contributed by atoms with van der Waals surface area (Å²) in [6, 6.07) is 1.88. The van der Waals surface area contributed by atoms with Gasteiger partial charge in [0.25, 0.3) is 10.1 Å². The summed E-state index contributed by atoms with van der Waals surface area (Å²) in [5.41, 5.74) is -0.759. The number of nitrogens with zero attached hydrogens (tertiary/aromatic N) is 2. The molecule has 0 atom stereocenters. The summed E-state index contributed by atoms with van der Waals surface area (Å²) in [4.78, 5) is 0.882. The SMILES string of the molecule is N#[N+]c1cc(S(=O)(=O)O)ccc1S(=O)(=O)[O-]. The van der Waals surface area contributed by atoms with Gasteiger partial charge in [-0.2, -0.15) is 8.42 Å². The molecule has 0 aliphatic carbocycles. The van der Waals surface area contributed by atoms with Gasteiger partial charge in [-0.15, -0.1) is 0 Å². The van der Waals surface area contributed by atoms with Gasteiger partial charge in [0, 0.05) is 0 Å². The second kappa shape index (κ2) is 3.80. The fourth-order valence-corrected chi connectivity index (χ4v) is 2.04. The van der Waals surface area contributed by atoms with E-state index in [4.69, 9.17) is 9.95 Å². The van der Waals surface area contributed by atoms with Crippen LogP contribution in [0.2, 0.25) is 0 Å². The van der Waals surface area contributed by atoms with Gasteiger partial charge in [-0.05, 0) is 12.1 Å². The third-order valence-electron chi connectivity index (χ3n) is 1.61. The van der Waals surface area contributed by atoms with Gasteiger partial charge in [0.05, 0.1) is 6.07 Å². The van der Waals surface area contributed by atoms with Crippen LogP contribution in [0.3, 0.4) is 0 Å². The highest BCUT2D eigenvalue weighted by Gasteiger charge is 2.23. The fourth-order valence-electron chi connectivity index (χ4n) is 0.947. The van der Waals surface area contributed by atoms with Gasteiger partial charge >= 0.3 is 5.69 Å². The lowest BCUT2D eigenvalue weighted by Crippen LogP contribution is -2.02. The van der Waals surface area contributed by atoms with Gasteiger partial charge in [-0.25, -0.2) is 8.42 Å². The zero-order chi connectivity index (χ0) is 12.6. The molecule has 0 aliphatic heterocycles. The summed E-state index contributed by atoms with van der Waals surface area (Å²) >= 11 is 0. The molecule has 0 fully saturated rings. The van der Waals surface area contributed by atoms with Crippen molar-refractivity contribution >= 4 is 25.9 Å². The third-order valence-corrected chi connectivity index (χ3v) is 3.34. The van der Waals surface area contributed by atoms with Crippen LogP contribution in [0, 0.1) is 5.39 Å². The lowest BCUT2D eigenvalue weighted by molar-refractivity contribution is 0.462. The summed E-state index contributed by atoms with van der Waals surface area (Å²) in [5.74, 6) is 0. The Labute approximate surface area is 90.6 Å². The van der Waals surface area contributed by atoms with Crippen LogP contribution in [-0.4, -0.2) is 25.9 Å². The standard InChI is InChI=1S/C6H4N2O6S2/c7-8-5-3-4(15(9,10)11)1-2-6(5)16(12,13)14/h1-3H,(H-,9,10,11,12,13,14). The number of benzene rings is 1. The van der Waals surface area contributed by atoms with E-state index in [0.29, 0.717) is 18.2 Å². The molecule has 0 unspecified atom stereocenters. The molecule has 0 aromatic heterocycles. The Hall–Kier alpha value is -1.54. The summed E-state index contributed by atoms with van der Waals surface area (Å²) in [6.45, 7) is 0. The van der Waals surface area contributed by atoms with Crippen LogP contribution in [0.15, 0.2) is 28.0 Å². The number of diazo groups is 1. The Morgan fingerprint density at radius 1 is 1.25 bits per heavy atom. The lowest BCUT2D eigenvalue weighted by atomic mass is 10.3. The summed E-state index contributed by atoms with van der Waals surface area (Å²) < 4.78 is 61.9. The molecule has 0 bridgehead atoms. The van der Waals surface area contributed by atoms with E-state index in [1.807, 2.05) is 0 Å². The van der Waals surface area contributed by atoms with Gasteiger partial charge in [0.1, 0.15) is 19.9 Å². The minimum absolute atomic E-state index is 0.556. The van der Waals surface area contributed by atoms with Crippen LogP contribution >= 0.6 is 0 Å². The van der Waals surface area contributed by atoms with Crippen LogP contribution in [-0.2, 0) is 20.2 Å². The van der Waals surface area contributed by atoms with Gasteiger partial charge < -0.3 is 4.55 Å². The fraction of sp³-hybridized carbons (Fsp3) is 0. The van der Waals surface area contributed by atoms with E-state index in [1.54, 1.807) is 0 Å². The van der Waals surface area contributed by atoms with Crippen LogP contribution in [0.4, 0.5) is 5.69 Å². The van der Waals surface area contributed by atoms with Crippen molar-refractivity contribution in [1.82, 2.24) is 0 Å². The molecular weight excluding hydrogens is 260 g/mol. The Balaban J connectivity index is 3.60. The van der Waals surface area contributed by atoms with Crippen LogP contribution < -0.4 is 0 Å². The topological polar surface area (TPSA) is 140 Å². The average Bonchev–Trinajstić information content (AvgIpc) is 2.14. The maximum absolute atomic E-state index is 10.7. The molecule has 1 N–H and O–H groups in total. The Morgan fingerprint density at radius 3 is 2.19 bits per heavy atom. The molecule has 86 valence electrons. The Bertz CT molecular complexity index is 669. The van der Waals surface area contributed by atoms with Gasteiger partial charge in [-0.3, -0.25) is 4.55 Å². The molecule has 8 nitrogen and oxygen atoms in total. The average molecular weight is 264 g/mol. The van der Waals surface area contributed by atoms with E-state index in [2.05, 4.69) is 4.98 Å². The Kier molecular flexibility index (Phi) is 2.97. The Morgan fingerprint density at radius 2 is 1.81 bits per heavy atom. The maximum Gasteiger partial charge on any atom is 0.403 e. The van der Waals surface area contributed by atoms with Crippen LogP contribution in [0.25, 0.3) is 4.98 Å². The molecule has 16 heavy (non-hydrogen) atoms. The minimum atomic E-state index is -4.89. The molecule has 0 saturated heterocycles. The van der Waals surface area contributed by atoms with E-state index in [1.165, 1.54) is 0 Å². The first-order valence-corrected chi connectivity index (χ1v) is 6.43. The molecule has 0 aliphatic rings. The van der Waals surface area contributed by atoms with Crippen LogP contribution in [0.1, 0.15) is 0 Å². The molecule has 1 aromatic carbocycles. The number of hydrogen-bond acceptors (Lipinski definition) is 6. The summed E-state index contributed by atoms with van der Waals surface area (Å²) in [7, 11) is -9.45. The smallest absolute Gasteiger partial charge is 0.403 e. The largest absolute Gasteiger partial charge is 0.744 e. The highest BCUT2D eigenvalue weighted by molar-refractivity contribution is 7.86. The molecule has 10 heteroatoms. The maximum atomic E-state index is 10.7.